The Labute approximate surface area is 191 Å². The molecule has 2 aliphatic rings. The maximum absolute atomic E-state index is 5.89. The van der Waals surface area contributed by atoms with Crippen molar-refractivity contribution in [3.8, 4) is 22.5 Å². The summed E-state index contributed by atoms with van der Waals surface area (Å²) in [6, 6.07) is 20.4. The number of hydrazone groups is 2. The van der Waals surface area contributed by atoms with Crippen LogP contribution >= 0.6 is 0 Å². The van der Waals surface area contributed by atoms with Gasteiger partial charge in [0.15, 0.2) is 12.6 Å². The molecule has 2 aliphatic heterocycles. The van der Waals surface area contributed by atoms with Crippen LogP contribution in [0.5, 0.6) is 0 Å². The average Bonchev–Trinajstić information content (AvgIpc) is 3.64. The largest absolute Gasteiger partial charge is 0.455 e. The van der Waals surface area contributed by atoms with Crippen molar-refractivity contribution in [3.05, 3.63) is 72.0 Å². The summed E-state index contributed by atoms with van der Waals surface area (Å²) in [5.74, 6) is 1.46. The van der Waals surface area contributed by atoms with Gasteiger partial charge in [-0.3, -0.25) is 31.5 Å². The van der Waals surface area contributed by atoms with Gasteiger partial charge >= 0.3 is 0 Å². The molecule has 166 valence electrons. The van der Waals surface area contributed by atoms with Crippen LogP contribution in [0.1, 0.15) is 11.3 Å². The highest BCUT2D eigenvalue weighted by molar-refractivity contribution is 5.81. The summed E-state index contributed by atoms with van der Waals surface area (Å²) >= 11 is 0. The molecule has 0 bridgehead atoms. The van der Waals surface area contributed by atoms with Crippen molar-refractivity contribution in [2.24, 2.45) is 20.2 Å². The van der Waals surface area contributed by atoms with Gasteiger partial charge in [0.25, 0.3) is 0 Å². The Bertz CT molecular complexity index is 1180. The van der Waals surface area contributed by atoms with Gasteiger partial charge in [-0.1, -0.05) is 48.5 Å². The third-order valence-electron chi connectivity index (χ3n) is 5.15. The summed E-state index contributed by atoms with van der Waals surface area (Å²) in [7, 11) is 0. The molecule has 2 aromatic carbocycles. The molecule has 2 unspecified atom stereocenters. The number of aliphatic imine (C=N–C) groups is 2. The topological polar surface area (TPSA) is 111 Å². The third-order valence-corrected chi connectivity index (χ3v) is 5.15. The fraction of sp³-hybridized carbons (Fsp3) is 0.167. The Hall–Kier alpha value is -4.08. The molecule has 9 nitrogen and oxygen atoms in total. The van der Waals surface area contributed by atoms with E-state index in [4.69, 9.17) is 4.42 Å². The fourth-order valence-corrected chi connectivity index (χ4v) is 3.43. The molecular weight excluding hydrogens is 416 g/mol. The Morgan fingerprint density at radius 1 is 0.727 bits per heavy atom. The van der Waals surface area contributed by atoms with E-state index in [1.807, 2.05) is 36.7 Å². The smallest absolute Gasteiger partial charge is 0.188 e. The number of hydrogen-bond acceptors (Lipinski definition) is 9. The molecule has 2 atom stereocenters. The minimum Gasteiger partial charge on any atom is -0.455 e. The Morgan fingerprint density at radius 3 is 1.91 bits per heavy atom. The van der Waals surface area contributed by atoms with Crippen LogP contribution in [-0.4, -0.2) is 50.5 Å². The summed E-state index contributed by atoms with van der Waals surface area (Å²) in [6.07, 6.45) is 6.75. The van der Waals surface area contributed by atoms with E-state index in [2.05, 4.69) is 78.1 Å². The molecule has 3 aromatic rings. The number of nitrogens with zero attached hydrogens (tertiary/aromatic N) is 4. The number of rotatable bonds is 8. The van der Waals surface area contributed by atoms with E-state index in [-0.39, 0.29) is 12.6 Å². The van der Waals surface area contributed by atoms with Crippen LogP contribution in [0.3, 0.4) is 0 Å². The summed E-state index contributed by atoms with van der Waals surface area (Å²) in [4.78, 5) is 8.37. The lowest BCUT2D eigenvalue weighted by Gasteiger charge is -2.06. The first-order valence-corrected chi connectivity index (χ1v) is 10.7. The summed E-state index contributed by atoms with van der Waals surface area (Å²) in [5.41, 5.74) is 10.2. The fourth-order valence-electron chi connectivity index (χ4n) is 3.43. The lowest BCUT2D eigenvalue weighted by molar-refractivity contribution is 0.501. The average molecular weight is 441 g/mol. The zero-order chi connectivity index (χ0) is 22.3. The van der Waals surface area contributed by atoms with Gasteiger partial charge < -0.3 is 4.42 Å². The molecule has 0 spiro atoms. The van der Waals surface area contributed by atoms with E-state index in [0.717, 1.165) is 41.1 Å². The zero-order valence-corrected chi connectivity index (χ0v) is 17.8. The van der Waals surface area contributed by atoms with Crippen molar-refractivity contribution in [1.29, 1.82) is 0 Å². The summed E-state index contributed by atoms with van der Waals surface area (Å²) in [6.45, 7) is 1.51. The highest BCUT2D eigenvalue weighted by Crippen LogP contribution is 2.26. The van der Waals surface area contributed by atoms with Crippen LogP contribution in [0, 0.1) is 0 Å². The highest BCUT2D eigenvalue weighted by atomic mass is 16.3. The van der Waals surface area contributed by atoms with E-state index in [1.165, 1.54) is 0 Å². The number of furan rings is 1. The number of hydrogen-bond donors (Lipinski definition) is 4. The van der Waals surface area contributed by atoms with Crippen LogP contribution in [0.25, 0.3) is 22.5 Å². The van der Waals surface area contributed by atoms with E-state index in [9.17, 15) is 0 Å². The van der Waals surface area contributed by atoms with Gasteiger partial charge in [-0.2, -0.15) is 10.2 Å². The SMILES string of the molecule is C1=NC(N/N=C/c2ccc(-c3ccc(-c4ccc(/C=N/NC5N=CCN5)o4)cc3)cc2)NC1. The van der Waals surface area contributed by atoms with Gasteiger partial charge in [-0.25, -0.2) is 0 Å². The van der Waals surface area contributed by atoms with E-state index >= 15 is 0 Å². The molecule has 4 N–H and O–H groups in total. The molecule has 3 heterocycles. The Morgan fingerprint density at radius 2 is 1.30 bits per heavy atom. The standard InChI is InChI=1S/C24H24N8O/c1-3-18(4-2-17(1)15-29-31-23-25-11-12-26-23)19-5-7-20(8-6-19)22-10-9-21(33-22)16-30-32-24-27-13-14-28-24/h1-11,13,15-16,23-24,26,28,31-32H,12,14H2/b29-15+,30-16+. The van der Waals surface area contributed by atoms with Crippen LogP contribution < -0.4 is 21.5 Å². The van der Waals surface area contributed by atoms with Crippen LogP contribution in [-0.2, 0) is 0 Å². The predicted octanol–water partition coefficient (Wildman–Crippen LogP) is 2.38. The van der Waals surface area contributed by atoms with Crippen LogP contribution in [0.2, 0.25) is 0 Å². The molecular formula is C24H24N8O. The first kappa shape index (κ1) is 20.8. The molecule has 0 saturated carbocycles. The van der Waals surface area contributed by atoms with Crippen LogP contribution in [0.15, 0.2) is 85.3 Å². The van der Waals surface area contributed by atoms with Gasteiger partial charge in [0, 0.05) is 31.1 Å². The molecule has 1 aromatic heterocycles. The summed E-state index contributed by atoms with van der Waals surface area (Å²) in [5, 5.41) is 14.7. The lowest BCUT2D eigenvalue weighted by Crippen LogP contribution is -2.33. The second-order valence-corrected chi connectivity index (χ2v) is 7.46. The lowest BCUT2D eigenvalue weighted by atomic mass is 10.0. The molecule has 9 heteroatoms. The van der Waals surface area contributed by atoms with Crippen LogP contribution in [0.4, 0.5) is 0 Å². The first-order valence-electron chi connectivity index (χ1n) is 10.7. The number of nitrogens with one attached hydrogen (secondary N) is 4. The Balaban J connectivity index is 1.18. The molecule has 0 fully saturated rings. The molecule has 33 heavy (non-hydrogen) atoms. The van der Waals surface area contributed by atoms with Crippen molar-refractivity contribution >= 4 is 24.9 Å². The van der Waals surface area contributed by atoms with Crippen molar-refractivity contribution in [2.75, 3.05) is 13.1 Å². The predicted molar refractivity (Wildman–Crippen MR) is 132 cm³/mol. The summed E-state index contributed by atoms with van der Waals surface area (Å²) < 4.78 is 5.89. The second kappa shape index (κ2) is 10.0. The van der Waals surface area contributed by atoms with Gasteiger partial charge in [-0.15, -0.1) is 0 Å². The van der Waals surface area contributed by atoms with E-state index in [0.29, 0.717) is 5.76 Å². The quantitative estimate of drug-likeness (QED) is 0.318. The minimum absolute atomic E-state index is 0.142. The van der Waals surface area contributed by atoms with Gasteiger partial charge in [0.2, 0.25) is 0 Å². The first-order chi connectivity index (χ1) is 16.3. The maximum atomic E-state index is 5.89. The Kier molecular flexibility index (Phi) is 6.32. The van der Waals surface area contributed by atoms with Crippen molar-refractivity contribution in [3.63, 3.8) is 0 Å². The molecule has 0 aliphatic carbocycles. The molecule has 0 amide bonds. The third kappa shape index (κ3) is 5.40. The van der Waals surface area contributed by atoms with Crippen molar-refractivity contribution < 1.29 is 4.42 Å². The van der Waals surface area contributed by atoms with Gasteiger partial charge in [0.1, 0.15) is 11.5 Å². The zero-order valence-electron chi connectivity index (χ0n) is 17.8. The van der Waals surface area contributed by atoms with E-state index < -0.39 is 0 Å². The maximum Gasteiger partial charge on any atom is 0.188 e. The monoisotopic (exact) mass is 440 g/mol. The minimum atomic E-state index is -0.176. The highest BCUT2D eigenvalue weighted by Gasteiger charge is 2.08. The number of benzene rings is 2. The van der Waals surface area contributed by atoms with Crippen molar-refractivity contribution in [1.82, 2.24) is 21.5 Å². The van der Waals surface area contributed by atoms with E-state index in [1.54, 1.807) is 12.4 Å². The molecule has 5 rings (SSSR count). The second-order valence-electron chi connectivity index (χ2n) is 7.46. The molecule has 0 saturated heterocycles. The van der Waals surface area contributed by atoms with Gasteiger partial charge in [-0.05, 0) is 28.8 Å². The normalized spacial score (nSPS) is 19.8. The van der Waals surface area contributed by atoms with Crippen molar-refractivity contribution in [2.45, 2.75) is 12.6 Å². The van der Waals surface area contributed by atoms with Gasteiger partial charge in [0.05, 0.1) is 12.4 Å². The molecule has 0 radical (unpaired) electrons.